The van der Waals surface area contributed by atoms with Crippen LogP contribution in [0.3, 0.4) is 0 Å². The maximum atomic E-state index is 10.4. The SMILES string of the molecule is Nc1nc(CC(=O)O)nc2c1CCN2. The molecule has 0 bridgehead atoms. The lowest BCUT2D eigenvalue weighted by Gasteiger charge is -2.04. The Morgan fingerprint density at radius 1 is 1.57 bits per heavy atom. The minimum Gasteiger partial charge on any atom is -0.481 e. The third-order valence-electron chi connectivity index (χ3n) is 2.06. The Kier molecular flexibility index (Phi) is 1.95. The van der Waals surface area contributed by atoms with E-state index in [-0.39, 0.29) is 12.2 Å². The van der Waals surface area contributed by atoms with Gasteiger partial charge >= 0.3 is 5.97 Å². The molecule has 2 heterocycles. The molecule has 74 valence electrons. The lowest BCUT2D eigenvalue weighted by Crippen LogP contribution is -2.08. The fourth-order valence-electron chi connectivity index (χ4n) is 1.46. The van der Waals surface area contributed by atoms with Crippen molar-refractivity contribution in [3.8, 4) is 0 Å². The molecule has 2 rings (SSSR count). The Labute approximate surface area is 80.2 Å². The number of nitrogen functional groups attached to an aromatic ring is 1. The van der Waals surface area contributed by atoms with Crippen LogP contribution >= 0.6 is 0 Å². The first-order valence-electron chi connectivity index (χ1n) is 4.28. The molecule has 1 aliphatic rings. The molecule has 0 saturated carbocycles. The summed E-state index contributed by atoms with van der Waals surface area (Å²) in [5.74, 6) is 0.357. The molecule has 14 heavy (non-hydrogen) atoms. The van der Waals surface area contributed by atoms with Gasteiger partial charge in [-0.15, -0.1) is 0 Å². The molecular weight excluding hydrogens is 184 g/mol. The van der Waals surface area contributed by atoms with E-state index >= 15 is 0 Å². The second-order valence-electron chi connectivity index (χ2n) is 3.10. The molecule has 0 spiro atoms. The number of fused-ring (bicyclic) bond motifs is 1. The van der Waals surface area contributed by atoms with E-state index in [1.54, 1.807) is 0 Å². The molecule has 0 aromatic carbocycles. The highest BCUT2D eigenvalue weighted by Crippen LogP contribution is 2.23. The van der Waals surface area contributed by atoms with E-state index in [1.165, 1.54) is 0 Å². The monoisotopic (exact) mass is 194 g/mol. The normalized spacial score (nSPS) is 13.4. The minimum atomic E-state index is -0.956. The summed E-state index contributed by atoms with van der Waals surface area (Å²) >= 11 is 0. The number of rotatable bonds is 2. The van der Waals surface area contributed by atoms with Gasteiger partial charge in [0.1, 0.15) is 23.9 Å². The maximum absolute atomic E-state index is 10.4. The first kappa shape index (κ1) is 8.74. The van der Waals surface area contributed by atoms with Crippen molar-refractivity contribution in [2.45, 2.75) is 12.8 Å². The largest absolute Gasteiger partial charge is 0.481 e. The van der Waals surface area contributed by atoms with Crippen LogP contribution in [0.15, 0.2) is 0 Å². The van der Waals surface area contributed by atoms with Crippen molar-refractivity contribution in [3.63, 3.8) is 0 Å². The fraction of sp³-hybridized carbons (Fsp3) is 0.375. The molecule has 0 saturated heterocycles. The molecular formula is C8H10N4O2. The van der Waals surface area contributed by atoms with E-state index in [0.717, 1.165) is 18.5 Å². The standard InChI is InChI=1S/C8H10N4O2/c9-7-4-1-2-10-8(4)12-5(11-7)3-6(13)14/h1-3H2,(H,13,14)(H3,9,10,11,12). The zero-order chi connectivity index (χ0) is 10.1. The van der Waals surface area contributed by atoms with Gasteiger partial charge in [0.25, 0.3) is 0 Å². The Hall–Kier alpha value is -1.85. The van der Waals surface area contributed by atoms with Gasteiger partial charge in [-0.3, -0.25) is 4.79 Å². The van der Waals surface area contributed by atoms with Crippen LogP contribution < -0.4 is 11.1 Å². The van der Waals surface area contributed by atoms with Crippen molar-refractivity contribution in [1.82, 2.24) is 9.97 Å². The van der Waals surface area contributed by atoms with Crippen LogP contribution in [0.4, 0.5) is 11.6 Å². The van der Waals surface area contributed by atoms with E-state index in [2.05, 4.69) is 15.3 Å². The zero-order valence-electron chi connectivity index (χ0n) is 7.45. The molecule has 1 aromatic heterocycles. The van der Waals surface area contributed by atoms with Crippen LogP contribution in [0.2, 0.25) is 0 Å². The summed E-state index contributed by atoms with van der Waals surface area (Å²) < 4.78 is 0. The van der Waals surface area contributed by atoms with Crippen LogP contribution in [-0.2, 0) is 17.6 Å². The molecule has 6 heteroatoms. The van der Waals surface area contributed by atoms with Gasteiger partial charge in [0.05, 0.1) is 0 Å². The molecule has 0 fully saturated rings. The maximum Gasteiger partial charge on any atom is 0.311 e. The van der Waals surface area contributed by atoms with Crippen LogP contribution in [0, 0.1) is 0 Å². The Bertz CT molecular complexity index is 391. The quantitative estimate of drug-likeness (QED) is 0.595. The van der Waals surface area contributed by atoms with E-state index in [1.807, 2.05) is 0 Å². The number of anilines is 2. The summed E-state index contributed by atoms with van der Waals surface area (Å²) in [6.07, 6.45) is 0.605. The van der Waals surface area contributed by atoms with E-state index < -0.39 is 5.97 Å². The van der Waals surface area contributed by atoms with Gasteiger partial charge in [0, 0.05) is 12.1 Å². The van der Waals surface area contributed by atoms with Crippen molar-refractivity contribution in [1.29, 1.82) is 0 Å². The van der Waals surface area contributed by atoms with E-state index in [9.17, 15) is 4.79 Å². The fourth-order valence-corrected chi connectivity index (χ4v) is 1.46. The summed E-state index contributed by atoms with van der Waals surface area (Å²) in [5, 5.41) is 11.6. The number of carboxylic acid groups (broad SMARTS) is 1. The third kappa shape index (κ3) is 1.46. The van der Waals surface area contributed by atoms with Crippen LogP contribution in [0.25, 0.3) is 0 Å². The number of hydrogen-bond donors (Lipinski definition) is 3. The minimum absolute atomic E-state index is 0.195. The predicted molar refractivity (Wildman–Crippen MR) is 50.0 cm³/mol. The van der Waals surface area contributed by atoms with Gasteiger partial charge < -0.3 is 16.2 Å². The number of carbonyl (C=O) groups is 1. The molecule has 0 radical (unpaired) electrons. The van der Waals surface area contributed by atoms with Crippen molar-refractivity contribution < 1.29 is 9.90 Å². The summed E-state index contributed by atoms with van der Waals surface area (Å²) in [7, 11) is 0. The first-order valence-corrected chi connectivity index (χ1v) is 4.28. The van der Waals surface area contributed by atoms with Gasteiger partial charge in [-0.25, -0.2) is 9.97 Å². The van der Waals surface area contributed by atoms with Gasteiger partial charge in [-0.05, 0) is 6.42 Å². The predicted octanol–water partition coefficient (Wildman–Crippen LogP) is -0.346. The second-order valence-corrected chi connectivity index (χ2v) is 3.10. The van der Waals surface area contributed by atoms with Crippen molar-refractivity contribution in [2.24, 2.45) is 0 Å². The topological polar surface area (TPSA) is 101 Å². The molecule has 0 amide bonds. The number of hydrogen-bond acceptors (Lipinski definition) is 5. The number of aromatic nitrogens is 2. The smallest absolute Gasteiger partial charge is 0.311 e. The highest BCUT2D eigenvalue weighted by molar-refractivity contribution is 5.70. The van der Waals surface area contributed by atoms with Gasteiger partial charge in [0.2, 0.25) is 0 Å². The number of aliphatic carboxylic acids is 1. The highest BCUT2D eigenvalue weighted by atomic mass is 16.4. The highest BCUT2D eigenvalue weighted by Gasteiger charge is 2.17. The van der Waals surface area contributed by atoms with Gasteiger partial charge in [-0.2, -0.15) is 0 Å². The van der Waals surface area contributed by atoms with Crippen molar-refractivity contribution in [3.05, 3.63) is 11.4 Å². The molecule has 1 aromatic rings. The first-order chi connectivity index (χ1) is 6.66. The Morgan fingerprint density at radius 2 is 2.36 bits per heavy atom. The lowest BCUT2D eigenvalue weighted by molar-refractivity contribution is -0.136. The zero-order valence-corrected chi connectivity index (χ0v) is 7.45. The van der Waals surface area contributed by atoms with Crippen molar-refractivity contribution >= 4 is 17.6 Å². The van der Waals surface area contributed by atoms with Crippen LogP contribution in [0.5, 0.6) is 0 Å². The molecule has 4 N–H and O–H groups in total. The van der Waals surface area contributed by atoms with Gasteiger partial charge in [-0.1, -0.05) is 0 Å². The second kappa shape index (κ2) is 3.13. The third-order valence-corrected chi connectivity index (χ3v) is 2.06. The molecule has 0 unspecified atom stereocenters. The summed E-state index contributed by atoms with van der Waals surface area (Å²) in [6, 6.07) is 0. The van der Waals surface area contributed by atoms with Crippen LogP contribution in [-0.4, -0.2) is 27.6 Å². The lowest BCUT2D eigenvalue weighted by atomic mass is 10.2. The van der Waals surface area contributed by atoms with E-state index in [0.29, 0.717) is 11.6 Å². The van der Waals surface area contributed by atoms with E-state index in [4.69, 9.17) is 10.8 Å². The Morgan fingerprint density at radius 3 is 3.07 bits per heavy atom. The summed E-state index contributed by atoms with van der Waals surface area (Å²) in [5.41, 5.74) is 6.55. The molecule has 1 aliphatic heterocycles. The number of carboxylic acids is 1. The number of nitrogens with one attached hydrogen (secondary N) is 1. The summed E-state index contributed by atoms with van der Waals surface area (Å²) in [6.45, 7) is 0.782. The average molecular weight is 194 g/mol. The Balaban J connectivity index is 2.36. The van der Waals surface area contributed by atoms with Crippen LogP contribution in [0.1, 0.15) is 11.4 Å². The molecule has 0 aliphatic carbocycles. The summed E-state index contributed by atoms with van der Waals surface area (Å²) in [4.78, 5) is 18.4. The van der Waals surface area contributed by atoms with Gasteiger partial charge in [0.15, 0.2) is 0 Å². The molecule has 6 nitrogen and oxygen atoms in total. The number of nitrogens with two attached hydrogens (primary N) is 1. The number of nitrogens with zero attached hydrogens (tertiary/aromatic N) is 2. The average Bonchev–Trinajstić information content (AvgIpc) is 2.50. The molecule has 0 atom stereocenters. The van der Waals surface area contributed by atoms with Crippen molar-refractivity contribution in [2.75, 3.05) is 17.6 Å².